The standard InChI is InChI=1S/C42H38Se2/c1-2-3-4-5-6-7-8-10-13-28-16-17-31-22-35-37-26-42-38(27-41(37)43-39(35)24-33(31)20-28)36-23-32-19-18-30(29-14-11-9-12-15-29)21-34(32)25-40(36)44-42/h9,11-12,14-27H,2-8,10,13H2,1H3. The molecule has 2 heteroatoms. The van der Waals surface area contributed by atoms with E-state index in [0.29, 0.717) is 29.0 Å². The molecule has 0 amide bonds. The molecule has 2 aromatic heterocycles. The Balaban J connectivity index is 1.09. The first-order valence-corrected chi connectivity index (χ1v) is 19.9. The summed E-state index contributed by atoms with van der Waals surface area (Å²) in [4.78, 5) is 0. The van der Waals surface area contributed by atoms with Crippen molar-refractivity contribution in [1.29, 1.82) is 0 Å². The molecule has 0 aliphatic carbocycles. The van der Waals surface area contributed by atoms with Crippen LogP contribution >= 0.6 is 0 Å². The fourth-order valence-corrected chi connectivity index (χ4v) is 11.9. The Morgan fingerprint density at radius 1 is 0.409 bits per heavy atom. The molecular formula is C42H38Se2. The quantitative estimate of drug-likeness (QED) is 0.0984. The van der Waals surface area contributed by atoms with Gasteiger partial charge in [-0.3, -0.25) is 0 Å². The van der Waals surface area contributed by atoms with Crippen LogP contribution in [0.1, 0.15) is 63.9 Å². The van der Waals surface area contributed by atoms with E-state index >= 15 is 0 Å². The van der Waals surface area contributed by atoms with Gasteiger partial charge in [-0.1, -0.05) is 19.8 Å². The van der Waals surface area contributed by atoms with E-state index in [1.807, 2.05) is 0 Å². The molecule has 218 valence electrons. The van der Waals surface area contributed by atoms with Crippen molar-refractivity contribution in [3.63, 3.8) is 0 Å². The molecule has 2 heterocycles. The van der Waals surface area contributed by atoms with Crippen LogP contribution in [0.15, 0.2) is 103 Å². The van der Waals surface area contributed by atoms with E-state index in [2.05, 4.69) is 110 Å². The summed E-state index contributed by atoms with van der Waals surface area (Å²) in [5, 5.41) is 11.4. The van der Waals surface area contributed by atoms with E-state index in [-0.39, 0.29) is 0 Å². The van der Waals surface area contributed by atoms with Crippen molar-refractivity contribution in [2.24, 2.45) is 0 Å². The van der Waals surface area contributed by atoms with Crippen LogP contribution in [0.25, 0.3) is 71.3 Å². The van der Waals surface area contributed by atoms with Crippen LogP contribution in [-0.4, -0.2) is 29.0 Å². The van der Waals surface area contributed by atoms with Gasteiger partial charge in [0.15, 0.2) is 0 Å². The number of rotatable bonds is 10. The van der Waals surface area contributed by atoms with Crippen LogP contribution in [0, 0.1) is 0 Å². The Hall–Kier alpha value is -3.12. The summed E-state index contributed by atoms with van der Waals surface area (Å²) in [6.45, 7) is 2.30. The van der Waals surface area contributed by atoms with Gasteiger partial charge in [-0.25, -0.2) is 0 Å². The third-order valence-corrected chi connectivity index (χ3v) is 14.2. The first-order valence-electron chi connectivity index (χ1n) is 16.5. The van der Waals surface area contributed by atoms with E-state index < -0.39 is 0 Å². The molecule has 0 nitrogen and oxygen atoms in total. The molecule has 0 radical (unpaired) electrons. The fourth-order valence-electron chi connectivity index (χ4n) is 7.01. The fraction of sp³-hybridized carbons (Fsp3) is 0.238. The number of benzene rings is 6. The first kappa shape index (κ1) is 28.4. The topological polar surface area (TPSA) is 0 Å². The summed E-state index contributed by atoms with van der Waals surface area (Å²) in [6, 6.07) is 40.0. The summed E-state index contributed by atoms with van der Waals surface area (Å²) in [7, 11) is 0. The van der Waals surface area contributed by atoms with Crippen molar-refractivity contribution in [3.05, 3.63) is 109 Å². The molecule has 0 saturated carbocycles. The Bertz CT molecular complexity index is 2270. The van der Waals surface area contributed by atoms with Gasteiger partial charge in [-0.2, -0.15) is 0 Å². The van der Waals surface area contributed by atoms with Crippen LogP contribution in [0.5, 0.6) is 0 Å². The molecule has 0 aliphatic heterocycles. The molecule has 0 spiro atoms. The molecule has 0 aliphatic rings. The van der Waals surface area contributed by atoms with Gasteiger partial charge in [0.1, 0.15) is 0 Å². The summed E-state index contributed by atoms with van der Waals surface area (Å²) >= 11 is 0.701. The van der Waals surface area contributed by atoms with Crippen molar-refractivity contribution in [3.8, 4) is 11.1 Å². The van der Waals surface area contributed by atoms with Gasteiger partial charge < -0.3 is 0 Å². The van der Waals surface area contributed by atoms with Gasteiger partial charge in [0.25, 0.3) is 0 Å². The summed E-state index contributed by atoms with van der Waals surface area (Å²) in [6.07, 6.45) is 12.3. The van der Waals surface area contributed by atoms with E-state index in [1.165, 1.54) is 122 Å². The molecule has 0 N–H and O–H groups in total. The Morgan fingerprint density at radius 2 is 0.955 bits per heavy atom. The van der Waals surface area contributed by atoms with Crippen LogP contribution < -0.4 is 0 Å². The van der Waals surface area contributed by atoms with Crippen molar-refractivity contribution in [1.82, 2.24) is 0 Å². The van der Waals surface area contributed by atoms with E-state index in [4.69, 9.17) is 0 Å². The van der Waals surface area contributed by atoms with Crippen LogP contribution in [0.3, 0.4) is 0 Å². The van der Waals surface area contributed by atoms with Crippen LogP contribution in [-0.2, 0) is 6.42 Å². The second kappa shape index (κ2) is 12.3. The Morgan fingerprint density at radius 3 is 1.61 bits per heavy atom. The molecule has 0 fully saturated rings. The SMILES string of the molecule is CCCCCCCCCCc1ccc2cc3c(cc2c1)[se]c1cc2c(cc13)[se]c1cc3cc(-c4ccccc4)ccc3cc12. The van der Waals surface area contributed by atoms with E-state index in [9.17, 15) is 0 Å². The number of aryl methyl sites for hydroxylation is 1. The monoisotopic (exact) mass is 702 g/mol. The Labute approximate surface area is 272 Å². The second-order valence-electron chi connectivity index (χ2n) is 12.6. The molecule has 6 aromatic carbocycles. The normalized spacial score (nSPS) is 12.1. The molecule has 0 atom stereocenters. The average Bonchev–Trinajstić information content (AvgIpc) is 3.58. The van der Waals surface area contributed by atoms with Crippen molar-refractivity contribution in [2.75, 3.05) is 0 Å². The molecule has 0 unspecified atom stereocenters. The van der Waals surface area contributed by atoms with Crippen molar-refractivity contribution >= 4 is 89.1 Å². The van der Waals surface area contributed by atoms with E-state index in [0.717, 1.165) is 0 Å². The van der Waals surface area contributed by atoms with Crippen molar-refractivity contribution < 1.29 is 0 Å². The summed E-state index contributed by atoms with van der Waals surface area (Å²) < 4.78 is 6.20. The number of hydrogen-bond acceptors (Lipinski definition) is 0. The van der Waals surface area contributed by atoms with E-state index in [1.54, 1.807) is 12.8 Å². The molecular weight excluding hydrogens is 662 g/mol. The minimum absolute atomic E-state index is 0.341. The number of fused-ring (bicyclic) bond motifs is 8. The third kappa shape index (κ3) is 5.48. The molecule has 44 heavy (non-hydrogen) atoms. The van der Waals surface area contributed by atoms with Gasteiger partial charge in [0.05, 0.1) is 0 Å². The zero-order chi connectivity index (χ0) is 29.5. The molecule has 8 aromatic rings. The predicted molar refractivity (Wildman–Crippen MR) is 197 cm³/mol. The minimum atomic E-state index is 0.341. The molecule has 0 saturated heterocycles. The zero-order valence-corrected chi connectivity index (χ0v) is 28.9. The van der Waals surface area contributed by atoms with Crippen LogP contribution in [0.2, 0.25) is 0 Å². The van der Waals surface area contributed by atoms with Gasteiger partial charge in [-0.15, -0.1) is 0 Å². The van der Waals surface area contributed by atoms with Crippen LogP contribution in [0.4, 0.5) is 0 Å². The van der Waals surface area contributed by atoms with Gasteiger partial charge in [-0.05, 0) is 0 Å². The number of unbranched alkanes of at least 4 members (excludes halogenated alkanes) is 7. The van der Waals surface area contributed by atoms with Gasteiger partial charge in [0, 0.05) is 0 Å². The van der Waals surface area contributed by atoms with Gasteiger partial charge in [0.2, 0.25) is 0 Å². The zero-order valence-electron chi connectivity index (χ0n) is 25.5. The maximum atomic E-state index is 2.56. The Kier molecular flexibility index (Phi) is 7.96. The predicted octanol–water partition coefficient (Wildman–Crippen LogP) is 12.1. The molecule has 0 bridgehead atoms. The van der Waals surface area contributed by atoms with Crippen molar-refractivity contribution in [2.45, 2.75) is 64.7 Å². The second-order valence-corrected chi connectivity index (χ2v) is 17.1. The van der Waals surface area contributed by atoms with Gasteiger partial charge >= 0.3 is 254 Å². The summed E-state index contributed by atoms with van der Waals surface area (Å²) in [5.41, 5.74) is 4.09. The third-order valence-electron chi connectivity index (χ3n) is 9.47. The first-order chi connectivity index (χ1) is 21.7. The average molecular weight is 701 g/mol. The summed E-state index contributed by atoms with van der Waals surface area (Å²) in [5.74, 6) is 0. The molecule has 8 rings (SSSR count). The maximum absolute atomic E-state index is 2.56. The number of hydrogen-bond donors (Lipinski definition) is 0.